The highest BCUT2D eigenvalue weighted by Gasteiger charge is 2.22. The van der Waals surface area contributed by atoms with Gasteiger partial charge in [-0.3, -0.25) is 0 Å². The van der Waals surface area contributed by atoms with E-state index in [-0.39, 0.29) is 0 Å². The first kappa shape index (κ1) is 8.51. The molecule has 1 aliphatic rings. The normalized spacial score (nSPS) is 16.8. The van der Waals surface area contributed by atoms with E-state index in [9.17, 15) is 0 Å². The van der Waals surface area contributed by atoms with Crippen LogP contribution in [0.4, 0.5) is 5.82 Å². The van der Waals surface area contributed by atoms with E-state index in [0.717, 1.165) is 18.9 Å². The van der Waals surface area contributed by atoms with Crippen molar-refractivity contribution in [2.75, 3.05) is 25.0 Å². The zero-order valence-corrected chi connectivity index (χ0v) is 8.12. The lowest BCUT2D eigenvalue weighted by Crippen LogP contribution is -2.56. The van der Waals surface area contributed by atoms with Gasteiger partial charge in [0.1, 0.15) is 5.82 Å². The maximum absolute atomic E-state index is 4.38. The summed E-state index contributed by atoms with van der Waals surface area (Å²) < 4.78 is 0. The van der Waals surface area contributed by atoms with E-state index >= 15 is 0 Å². The molecular weight excluding hydrogens is 162 g/mol. The minimum Gasteiger partial charge on any atom is -0.354 e. The summed E-state index contributed by atoms with van der Waals surface area (Å²) in [5.41, 5.74) is 1.25. The molecule has 0 spiro atoms. The summed E-state index contributed by atoms with van der Waals surface area (Å²) in [6, 6.07) is 4.70. The number of likely N-dealkylation sites (N-methyl/N-ethyl adjacent to an activating group) is 1. The Bertz CT molecular complexity index is 294. The van der Waals surface area contributed by atoms with Gasteiger partial charge in [-0.15, -0.1) is 0 Å². The van der Waals surface area contributed by atoms with Gasteiger partial charge in [0.05, 0.1) is 6.04 Å². The van der Waals surface area contributed by atoms with Gasteiger partial charge in [0.2, 0.25) is 0 Å². The highest BCUT2D eigenvalue weighted by Crippen LogP contribution is 2.17. The molecule has 1 aromatic rings. The molecule has 0 unspecified atom stereocenters. The molecule has 0 bridgehead atoms. The van der Waals surface area contributed by atoms with E-state index in [1.807, 2.05) is 12.3 Å². The molecule has 0 radical (unpaired) electrons. The van der Waals surface area contributed by atoms with Gasteiger partial charge in [-0.2, -0.15) is 0 Å². The van der Waals surface area contributed by atoms with E-state index in [4.69, 9.17) is 0 Å². The van der Waals surface area contributed by atoms with Gasteiger partial charge < -0.3 is 10.2 Å². The van der Waals surface area contributed by atoms with Crippen molar-refractivity contribution >= 4 is 5.82 Å². The number of rotatable bonds is 2. The molecule has 0 amide bonds. The Labute approximate surface area is 78.8 Å². The quantitative estimate of drug-likeness (QED) is 0.724. The van der Waals surface area contributed by atoms with E-state index in [1.54, 1.807) is 0 Å². The fourth-order valence-electron chi connectivity index (χ4n) is 1.57. The Morgan fingerprint density at radius 1 is 1.54 bits per heavy atom. The Morgan fingerprint density at radius 3 is 2.85 bits per heavy atom. The number of pyridine rings is 1. The predicted molar refractivity (Wildman–Crippen MR) is 54.0 cm³/mol. The van der Waals surface area contributed by atoms with Crippen LogP contribution < -0.4 is 10.2 Å². The second-order valence-corrected chi connectivity index (χ2v) is 3.57. The standard InChI is InChI=1S/C10H15N3/c1-8-4-3-5-12-10(8)13(2)9-6-11-7-9/h3-5,9,11H,6-7H2,1-2H3. The SMILES string of the molecule is Cc1cccnc1N(C)C1CNC1. The third kappa shape index (κ3) is 1.52. The van der Waals surface area contributed by atoms with E-state index in [2.05, 4.69) is 35.2 Å². The molecule has 1 aliphatic heterocycles. The van der Waals surface area contributed by atoms with Gasteiger partial charge in [0.25, 0.3) is 0 Å². The fourth-order valence-corrected chi connectivity index (χ4v) is 1.57. The van der Waals surface area contributed by atoms with E-state index in [0.29, 0.717) is 6.04 Å². The van der Waals surface area contributed by atoms with Crippen molar-refractivity contribution in [3.63, 3.8) is 0 Å². The molecule has 0 aromatic carbocycles. The molecule has 2 rings (SSSR count). The number of hydrogen-bond donors (Lipinski definition) is 1. The van der Waals surface area contributed by atoms with Crippen molar-refractivity contribution in [1.29, 1.82) is 0 Å². The number of hydrogen-bond acceptors (Lipinski definition) is 3. The van der Waals surface area contributed by atoms with Crippen LogP contribution in [-0.4, -0.2) is 31.2 Å². The van der Waals surface area contributed by atoms with Crippen molar-refractivity contribution < 1.29 is 0 Å². The van der Waals surface area contributed by atoms with Gasteiger partial charge in [-0.25, -0.2) is 4.98 Å². The second-order valence-electron chi connectivity index (χ2n) is 3.57. The lowest BCUT2D eigenvalue weighted by Gasteiger charge is -2.36. The topological polar surface area (TPSA) is 28.2 Å². The van der Waals surface area contributed by atoms with Crippen molar-refractivity contribution in [2.45, 2.75) is 13.0 Å². The van der Waals surface area contributed by atoms with Crippen LogP contribution in [-0.2, 0) is 0 Å². The minimum atomic E-state index is 0.619. The summed E-state index contributed by atoms with van der Waals surface area (Å²) in [4.78, 5) is 6.64. The molecule has 2 heterocycles. The summed E-state index contributed by atoms with van der Waals surface area (Å²) >= 11 is 0. The lowest BCUT2D eigenvalue weighted by molar-refractivity contribution is 0.426. The van der Waals surface area contributed by atoms with Gasteiger partial charge in [0, 0.05) is 26.3 Å². The molecule has 0 aliphatic carbocycles. The molecule has 1 N–H and O–H groups in total. The van der Waals surface area contributed by atoms with Crippen molar-refractivity contribution in [3.8, 4) is 0 Å². The largest absolute Gasteiger partial charge is 0.354 e. The van der Waals surface area contributed by atoms with E-state index in [1.165, 1.54) is 5.56 Å². The zero-order valence-electron chi connectivity index (χ0n) is 8.12. The predicted octanol–water partition coefficient (Wildman–Crippen LogP) is 0.798. The summed E-state index contributed by atoms with van der Waals surface area (Å²) in [6.45, 7) is 4.25. The second kappa shape index (κ2) is 3.34. The molecule has 70 valence electrons. The van der Waals surface area contributed by atoms with Gasteiger partial charge in [0.15, 0.2) is 0 Å². The van der Waals surface area contributed by atoms with Crippen LogP contribution in [0.25, 0.3) is 0 Å². The summed E-state index contributed by atoms with van der Waals surface area (Å²) in [5, 5.41) is 3.26. The molecule has 0 saturated carbocycles. The monoisotopic (exact) mass is 177 g/mol. The third-order valence-electron chi connectivity index (χ3n) is 2.62. The smallest absolute Gasteiger partial charge is 0.131 e. The first-order chi connectivity index (χ1) is 6.29. The summed E-state index contributed by atoms with van der Waals surface area (Å²) in [5.74, 6) is 1.11. The Hall–Kier alpha value is -1.09. The van der Waals surface area contributed by atoms with Crippen LogP contribution in [0.5, 0.6) is 0 Å². The molecule has 1 fully saturated rings. The molecule has 3 nitrogen and oxygen atoms in total. The Kier molecular flexibility index (Phi) is 2.19. The number of aromatic nitrogens is 1. The molecular formula is C10H15N3. The number of anilines is 1. The summed E-state index contributed by atoms with van der Waals surface area (Å²) in [7, 11) is 2.11. The zero-order chi connectivity index (χ0) is 9.26. The van der Waals surface area contributed by atoms with Crippen LogP contribution in [0.1, 0.15) is 5.56 Å². The highest BCUT2D eigenvalue weighted by molar-refractivity contribution is 5.46. The van der Waals surface area contributed by atoms with Gasteiger partial charge in [-0.1, -0.05) is 6.07 Å². The maximum Gasteiger partial charge on any atom is 0.131 e. The fraction of sp³-hybridized carbons (Fsp3) is 0.500. The molecule has 3 heteroatoms. The number of nitrogens with one attached hydrogen (secondary N) is 1. The Morgan fingerprint density at radius 2 is 2.31 bits per heavy atom. The summed E-state index contributed by atoms with van der Waals surface area (Å²) in [6.07, 6.45) is 1.85. The van der Waals surface area contributed by atoms with E-state index < -0.39 is 0 Å². The average molecular weight is 177 g/mol. The Balaban J connectivity index is 2.18. The first-order valence-corrected chi connectivity index (χ1v) is 4.64. The lowest BCUT2D eigenvalue weighted by atomic mass is 10.1. The van der Waals surface area contributed by atoms with Gasteiger partial charge in [-0.05, 0) is 18.6 Å². The maximum atomic E-state index is 4.38. The van der Waals surface area contributed by atoms with Crippen LogP contribution in [0, 0.1) is 6.92 Å². The van der Waals surface area contributed by atoms with Crippen LogP contribution in [0.3, 0.4) is 0 Å². The number of aryl methyl sites for hydroxylation is 1. The highest BCUT2D eigenvalue weighted by atomic mass is 15.3. The third-order valence-corrected chi connectivity index (χ3v) is 2.62. The van der Waals surface area contributed by atoms with Crippen molar-refractivity contribution in [3.05, 3.63) is 23.9 Å². The van der Waals surface area contributed by atoms with Crippen LogP contribution in [0.15, 0.2) is 18.3 Å². The minimum absolute atomic E-state index is 0.619. The first-order valence-electron chi connectivity index (χ1n) is 4.64. The van der Waals surface area contributed by atoms with Crippen LogP contribution in [0.2, 0.25) is 0 Å². The van der Waals surface area contributed by atoms with Gasteiger partial charge >= 0.3 is 0 Å². The van der Waals surface area contributed by atoms with Crippen molar-refractivity contribution in [2.24, 2.45) is 0 Å². The number of nitrogens with zero attached hydrogens (tertiary/aromatic N) is 2. The molecule has 0 atom stereocenters. The molecule has 13 heavy (non-hydrogen) atoms. The average Bonchev–Trinajstić information content (AvgIpc) is 2.01. The van der Waals surface area contributed by atoms with Crippen molar-refractivity contribution in [1.82, 2.24) is 10.3 Å². The molecule has 1 aromatic heterocycles. The van der Waals surface area contributed by atoms with Crippen LogP contribution >= 0.6 is 0 Å². The molecule has 1 saturated heterocycles.